The van der Waals surface area contributed by atoms with Crippen molar-refractivity contribution in [2.75, 3.05) is 0 Å². The van der Waals surface area contributed by atoms with Gasteiger partial charge in [0.05, 0.1) is 11.4 Å². The van der Waals surface area contributed by atoms with E-state index in [0.29, 0.717) is 0 Å². The van der Waals surface area contributed by atoms with Crippen LogP contribution in [0.5, 0.6) is 0 Å². The van der Waals surface area contributed by atoms with Crippen LogP contribution in [0.3, 0.4) is 0 Å². The maximum Gasteiger partial charge on any atom is 0.296 e. The average molecular weight is 277 g/mol. The number of hydrogen-bond donors (Lipinski definition) is 1. The normalized spacial score (nSPS) is 9.47. The molecular formula is C8H5ClN2O5S. The van der Waals surface area contributed by atoms with Gasteiger partial charge in [-0.2, -0.15) is 18.4 Å². The van der Waals surface area contributed by atoms with Crippen LogP contribution in [0.1, 0.15) is 0 Å². The molecule has 0 unspecified atom stereocenters. The first-order valence-electron chi connectivity index (χ1n) is 3.76. The van der Waals surface area contributed by atoms with Gasteiger partial charge in [-0.15, -0.1) is 12.4 Å². The summed E-state index contributed by atoms with van der Waals surface area (Å²) in [6.07, 6.45) is 2.34. The third-order valence-corrected chi connectivity index (χ3v) is 2.44. The Morgan fingerprint density at radius 1 is 1.12 bits per heavy atom. The molecule has 1 rings (SSSR count). The van der Waals surface area contributed by atoms with Gasteiger partial charge in [-0.3, -0.25) is 4.55 Å². The molecule has 17 heavy (non-hydrogen) atoms. The molecule has 0 bridgehead atoms. The fraction of sp³-hybridized carbons (Fsp3) is 0. The van der Waals surface area contributed by atoms with E-state index in [1.807, 2.05) is 0 Å². The molecule has 0 fully saturated rings. The van der Waals surface area contributed by atoms with E-state index in [1.54, 1.807) is 0 Å². The zero-order valence-electron chi connectivity index (χ0n) is 8.02. The van der Waals surface area contributed by atoms with Crippen molar-refractivity contribution in [3.05, 3.63) is 18.2 Å². The molecular weight excluding hydrogens is 272 g/mol. The van der Waals surface area contributed by atoms with Crippen molar-refractivity contribution in [3.63, 3.8) is 0 Å². The molecule has 0 atom stereocenters. The Kier molecular flexibility index (Phi) is 5.40. The maximum atomic E-state index is 10.9. The lowest BCUT2D eigenvalue weighted by molar-refractivity contribution is 0.483. The van der Waals surface area contributed by atoms with Crippen molar-refractivity contribution >= 4 is 46.1 Å². The molecule has 0 spiro atoms. The van der Waals surface area contributed by atoms with Crippen LogP contribution < -0.4 is 0 Å². The van der Waals surface area contributed by atoms with Gasteiger partial charge >= 0.3 is 0 Å². The molecule has 0 aliphatic carbocycles. The van der Waals surface area contributed by atoms with E-state index in [-0.39, 0.29) is 23.8 Å². The number of rotatable bonds is 3. The Morgan fingerprint density at radius 3 is 2.18 bits per heavy atom. The van der Waals surface area contributed by atoms with Crippen molar-refractivity contribution in [3.8, 4) is 0 Å². The van der Waals surface area contributed by atoms with E-state index in [0.717, 1.165) is 18.2 Å². The predicted molar refractivity (Wildman–Crippen MR) is 59.1 cm³/mol. The van der Waals surface area contributed by atoms with Crippen molar-refractivity contribution in [1.29, 1.82) is 0 Å². The van der Waals surface area contributed by atoms with Crippen molar-refractivity contribution in [2.45, 2.75) is 4.90 Å². The summed E-state index contributed by atoms with van der Waals surface area (Å²) in [4.78, 5) is 25.6. The predicted octanol–water partition coefficient (Wildman–Crippen LogP) is 1.29. The summed E-state index contributed by atoms with van der Waals surface area (Å²) < 4.78 is 30.7. The lowest BCUT2D eigenvalue weighted by atomic mass is 10.3. The van der Waals surface area contributed by atoms with Crippen LogP contribution in [0, 0.1) is 0 Å². The molecule has 1 N–H and O–H groups in total. The second kappa shape index (κ2) is 6.05. The highest BCUT2D eigenvalue weighted by Crippen LogP contribution is 2.28. The monoisotopic (exact) mass is 276 g/mol. The zero-order chi connectivity index (χ0) is 12.2. The van der Waals surface area contributed by atoms with Gasteiger partial charge in [0.25, 0.3) is 10.1 Å². The fourth-order valence-corrected chi connectivity index (χ4v) is 1.62. The third-order valence-electron chi connectivity index (χ3n) is 1.56. The zero-order valence-corrected chi connectivity index (χ0v) is 9.66. The van der Waals surface area contributed by atoms with Crippen LogP contribution in [-0.4, -0.2) is 25.1 Å². The molecule has 0 saturated heterocycles. The summed E-state index contributed by atoms with van der Waals surface area (Å²) in [5.41, 5.74) is -0.324. The molecule has 0 heterocycles. The summed E-state index contributed by atoms with van der Waals surface area (Å²) >= 11 is 0. The number of aliphatic imine (C=N–C) groups is 2. The van der Waals surface area contributed by atoms with Gasteiger partial charge in [0.1, 0.15) is 4.90 Å². The molecule has 0 aliphatic heterocycles. The second-order valence-electron chi connectivity index (χ2n) is 2.53. The number of isocyanates is 2. The standard InChI is InChI=1S/C8H4N2O5S.ClH/c11-4-9-6-1-2-7(10-5-12)8(3-6)16(13,14)15;/h1-3H,(H,13,14,15);1H. The Bertz CT molecular complexity index is 615. The highest BCUT2D eigenvalue weighted by molar-refractivity contribution is 7.86. The molecule has 0 aromatic heterocycles. The molecule has 90 valence electrons. The van der Waals surface area contributed by atoms with Gasteiger partial charge in [0.2, 0.25) is 12.2 Å². The molecule has 0 amide bonds. The molecule has 1 aromatic rings. The van der Waals surface area contributed by atoms with Crippen LogP contribution >= 0.6 is 12.4 Å². The minimum Gasteiger partial charge on any atom is -0.282 e. The average Bonchev–Trinajstić information content (AvgIpc) is 2.19. The number of nitrogens with zero attached hydrogens (tertiary/aromatic N) is 2. The molecule has 0 aliphatic rings. The third kappa shape index (κ3) is 3.92. The highest BCUT2D eigenvalue weighted by Gasteiger charge is 2.16. The molecule has 1 aromatic carbocycles. The van der Waals surface area contributed by atoms with E-state index >= 15 is 0 Å². The van der Waals surface area contributed by atoms with E-state index in [2.05, 4.69) is 9.98 Å². The van der Waals surface area contributed by atoms with Crippen LogP contribution in [0.2, 0.25) is 0 Å². The molecule has 9 heteroatoms. The quantitative estimate of drug-likeness (QED) is 0.507. The molecule has 7 nitrogen and oxygen atoms in total. The fourth-order valence-electron chi connectivity index (χ4n) is 0.973. The van der Waals surface area contributed by atoms with Gasteiger partial charge in [-0.25, -0.2) is 9.59 Å². The lowest BCUT2D eigenvalue weighted by Gasteiger charge is -2.00. The largest absolute Gasteiger partial charge is 0.296 e. The smallest absolute Gasteiger partial charge is 0.282 e. The summed E-state index contributed by atoms with van der Waals surface area (Å²) in [5, 5.41) is 0. The van der Waals surface area contributed by atoms with Gasteiger partial charge in [0.15, 0.2) is 0 Å². The van der Waals surface area contributed by atoms with Gasteiger partial charge < -0.3 is 0 Å². The van der Waals surface area contributed by atoms with Crippen LogP contribution in [-0.2, 0) is 19.7 Å². The summed E-state index contributed by atoms with van der Waals surface area (Å²) in [5.74, 6) is 0. The Labute approximate surface area is 102 Å². The summed E-state index contributed by atoms with van der Waals surface area (Å²) in [6, 6.07) is 3.22. The lowest BCUT2D eigenvalue weighted by Crippen LogP contribution is -1.98. The van der Waals surface area contributed by atoms with Crippen molar-refractivity contribution < 1.29 is 22.6 Å². The topological polar surface area (TPSA) is 113 Å². The second-order valence-corrected chi connectivity index (χ2v) is 3.92. The molecule has 0 saturated carbocycles. The van der Waals surface area contributed by atoms with Gasteiger partial charge in [0, 0.05) is 0 Å². The van der Waals surface area contributed by atoms with Gasteiger partial charge in [-0.1, -0.05) is 0 Å². The maximum absolute atomic E-state index is 10.9. The van der Waals surface area contributed by atoms with E-state index in [1.165, 1.54) is 12.1 Å². The Hall–Kier alpha value is -1.82. The van der Waals surface area contributed by atoms with Crippen LogP contribution in [0.4, 0.5) is 11.4 Å². The van der Waals surface area contributed by atoms with E-state index in [4.69, 9.17) is 4.55 Å². The SMILES string of the molecule is Cl.O=C=Nc1ccc(N=C=O)c(S(=O)(=O)O)c1. The number of hydrogen-bond acceptors (Lipinski definition) is 6. The minimum absolute atomic E-state index is 0. The number of benzene rings is 1. The first kappa shape index (κ1) is 15.2. The molecule has 0 radical (unpaired) electrons. The van der Waals surface area contributed by atoms with Crippen molar-refractivity contribution in [2.24, 2.45) is 9.98 Å². The number of carbonyl (C=O) groups excluding carboxylic acids is 2. The van der Waals surface area contributed by atoms with E-state index < -0.39 is 15.0 Å². The first-order valence-corrected chi connectivity index (χ1v) is 5.20. The summed E-state index contributed by atoms with van der Waals surface area (Å²) in [7, 11) is -4.56. The van der Waals surface area contributed by atoms with E-state index in [9.17, 15) is 18.0 Å². The highest BCUT2D eigenvalue weighted by atomic mass is 35.5. The van der Waals surface area contributed by atoms with Crippen LogP contribution in [0.15, 0.2) is 33.1 Å². The Balaban J connectivity index is 0.00000256. The van der Waals surface area contributed by atoms with Crippen LogP contribution in [0.25, 0.3) is 0 Å². The number of halogens is 1. The Morgan fingerprint density at radius 2 is 1.71 bits per heavy atom. The minimum atomic E-state index is -4.56. The van der Waals surface area contributed by atoms with Gasteiger partial charge in [-0.05, 0) is 18.2 Å². The first-order chi connectivity index (χ1) is 7.49. The van der Waals surface area contributed by atoms with Crippen molar-refractivity contribution in [1.82, 2.24) is 0 Å². The summed E-state index contributed by atoms with van der Waals surface area (Å²) in [6.45, 7) is 0.